The summed E-state index contributed by atoms with van der Waals surface area (Å²) in [5.41, 5.74) is 6.19. The first-order valence-electron chi connectivity index (χ1n) is 9.36. The lowest BCUT2D eigenvalue weighted by Gasteiger charge is -2.07. The van der Waals surface area contributed by atoms with Gasteiger partial charge in [0, 0.05) is 0 Å². The van der Waals surface area contributed by atoms with Gasteiger partial charge in [-0.2, -0.15) is 8.78 Å². The Morgan fingerprint density at radius 3 is 1.44 bits per heavy atom. The lowest BCUT2D eigenvalue weighted by Crippen LogP contribution is -2.01. The number of ether oxygens (including phenoxy) is 1. The highest BCUT2D eigenvalue weighted by molar-refractivity contribution is 5.64. The first-order chi connectivity index (χ1) is 13.1. The Hall–Kier alpha value is -2.68. The first-order valence-corrected chi connectivity index (χ1v) is 9.36. The van der Waals surface area contributed by atoms with E-state index in [-0.39, 0.29) is 5.75 Å². The van der Waals surface area contributed by atoms with Crippen molar-refractivity contribution in [2.24, 2.45) is 0 Å². The molecule has 3 rings (SSSR count). The van der Waals surface area contributed by atoms with E-state index < -0.39 is 6.61 Å². The highest BCUT2D eigenvalue weighted by atomic mass is 19.3. The zero-order valence-corrected chi connectivity index (χ0v) is 15.5. The van der Waals surface area contributed by atoms with Crippen molar-refractivity contribution in [3.8, 4) is 16.9 Å². The SMILES string of the molecule is CCCc1ccc(-c2ccc(CCc3ccc(OC(F)F)cc3)cc2)cc1. The van der Waals surface area contributed by atoms with Crippen LogP contribution in [-0.2, 0) is 19.3 Å². The molecule has 0 amide bonds. The minimum absolute atomic E-state index is 0.197. The maximum absolute atomic E-state index is 12.2. The molecule has 0 radical (unpaired) electrons. The van der Waals surface area contributed by atoms with Crippen molar-refractivity contribution in [2.45, 2.75) is 39.2 Å². The predicted octanol–water partition coefficient (Wildman–Crippen LogP) is 6.69. The number of rotatable bonds is 8. The van der Waals surface area contributed by atoms with Crippen LogP contribution in [0.3, 0.4) is 0 Å². The van der Waals surface area contributed by atoms with Crippen molar-refractivity contribution < 1.29 is 13.5 Å². The van der Waals surface area contributed by atoms with Crippen LogP contribution in [0.15, 0.2) is 72.8 Å². The summed E-state index contributed by atoms with van der Waals surface area (Å²) >= 11 is 0. The van der Waals surface area contributed by atoms with E-state index in [2.05, 4.69) is 60.2 Å². The molecule has 1 nitrogen and oxygen atoms in total. The van der Waals surface area contributed by atoms with Crippen LogP contribution in [0.4, 0.5) is 8.78 Å². The van der Waals surface area contributed by atoms with Crippen molar-refractivity contribution in [1.29, 1.82) is 0 Å². The Balaban J connectivity index is 1.57. The molecule has 0 aliphatic rings. The molecule has 3 aromatic rings. The summed E-state index contributed by atoms with van der Waals surface area (Å²) in [5, 5.41) is 0. The summed E-state index contributed by atoms with van der Waals surface area (Å²) in [5.74, 6) is 0.197. The molecule has 0 unspecified atom stereocenters. The fourth-order valence-corrected chi connectivity index (χ4v) is 3.14. The van der Waals surface area contributed by atoms with E-state index >= 15 is 0 Å². The van der Waals surface area contributed by atoms with Crippen LogP contribution in [-0.4, -0.2) is 6.61 Å². The molecule has 0 atom stereocenters. The lowest BCUT2D eigenvalue weighted by atomic mass is 9.99. The summed E-state index contributed by atoms with van der Waals surface area (Å²) in [7, 11) is 0. The minimum Gasteiger partial charge on any atom is -0.435 e. The van der Waals surface area contributed by atoms with Crippen LogP contribution in [0.1, 0.15) is 30.0 Å². The van der Waals surface area contributed by atoms with Crippen molar-refractivity contribution in [3.05, 3.63) is 89.5 Å². The molecule has 0 spiro atoms. The smallest absolute Gasteiger partial charge is 0.387 e. The van der Waals surface area contributed by atoms with Crippen molar-refractivity contribution in [2.75, 3.05) is 0 Å². The topological polar surface area (TPSA) is 9.23 Å². The molecule has 0 fully saturated rings. The van der Waals surface area contributed by atoms with Crippen LogP contribution >= 0.6 is 0 Å². The van der Waals surface area contributed by atoms with E-state index in [1.165, 1.54) is 22.3 Å². The molecule has 0 aliphatic heterocycles. The fourth-order valence-electron chi connectivity index (χ4n) is 3.14. The number of hydrogen-bond acceptors (Lipinski definition) is 1. The van der Waals surface area contributed by atoms with E-state index in [9.17, 15) is 8.78 Å². The second-order valence-electron chi connectivity index (χ2n) is 6.67. The van der Waals surface area contributed by atoms with Gasteiger partial charge in [-0.05, 0) is 59.2 Å². The molecule has 0 heterocycles. The molecule has 27 heavy (non-hydrogen) atoms. The van der Waals surface area contributed by atoms with Gasteiger partial charge in [-0.15, -0.1) is 0 Å². The highest BCUT2D eigenvalue weighted by Crippen LogP contribution is 2.22. The molecule has 0 bridgehead atoms. The van der Waals surface area contributed by atoms with E-state index in [1.807, 2.05) is 12.1 Å². The summed E-state index contributed by atoms with van der Waals surface area (Å²) < 4.78 is 28.7. The van der Waals surface area contributed by atoms with Gasteiger partial charge < -0.3 is 4.74 Å². The van der Waals surface area contributed by atoms with Gasteiger partial charge in [0.25, 0.3) is 0 Å². The quantitative estimate of drug-likeness (QED) is 0.431. The molecule has 0 N–H and O–H groups in total. The number of aryl methyl sites for hydroxylation is 3. The third-order valence-electron chi connectivity index (χ3n) is 4.63. The third-order valence-corrected chi connectivity index (χ3v) is 4.63. The Morgan fingerprint density at radius 1 is 0.630 bits per heavy atom. The lowest BCUT2D eigenvalue weighted by molar-refractivity contribution is -0.0498. The normalized spacial score (nSPS) is 11.0. The van der Waals surface area contributed by atoms with Gasteiger partial charge in [0.1, 0.15) is 5.75 Å². The van der Waals surface area contributed by atoms with Gasteiger partial charge >= 0.3 is 6.61 Å². The first kappa shape index (κ1) is 19.1. The molecule has 3 heteroatoms. The van der Waals surface area contributed by atoms with Crippen LogP contribution in [0, 0.1) is 0 Å². The standard InChI is InChI=1S/C24H24F2O/c1-2-3-18-6-12-21(13-7-18)22-14-8-19(9-15-22)4-5-20-10-16-23(17-11-20)27-24(25)26/h6-17,24H,2-5H2,1H3. The van der Waals surface area contributed by atoms with Gasteiger partial charge in [-0.25, -0.2) is 0 Å². The van der Waals surface area contributed by atoms with E-state index in [0.717, 1.165) is 31.2 Å². The van der Waals surface area contributed by atoms with Gasteiger partial charge in [-0.1, -0.05) is 74.0 Å². The Kier molecular flexibility index (Phi) is 6.59. The Bertz CT molecular complexity index is 822. The van der Waals surface area contributed by atoms with Gasteiger partial charge in [0.05, 0.1) is 0 Å². The molecule has 0 aromatic heterocycles. The molecule has 3 aromatic carbocycles. The average molecular weight is 366 g/mol. The highest BCUT2D eigenvalue weighted by Gasteiger charge is 2.04. The van der Waals surface area contributed by atoms with Crippen LogP contribution in [0.25, 0.3) is 11.1 Å². The predicted molar refractivity (Wildman–Crippen MR) is 106 cm³/mol. The summed E-state index contributed by atoms with van der Waals surface area (Å²) in [6, 6.07) is 24.3. The average Bonchev–Trinajstić information content (AvgIpc) is 2.68. The van der Waals surface area contributed by atoms with Crippen LogP contribution in [0.5, 0.6) is 5.75 Å². The van der Waals surface area contributed by atoms with Gasteiger partial charge in [-0.3, -0.25) is 0 Å². The van der Waals surface area contributed by atoms with Crippen LogP contribution in [0.2, 0.25) is 0 Å². The van der Waals surface area contributed by atoms with E-state index in [1.54, 1.807) is 12.1 Å². The van der Waals surface area contributed by atoms with Crippen molar-refractivity contribution in [3.63, 3.8) is 0 Å². The third kappa shape index (κ3) is 5.65. The second kappa shape index (κ2) is 9.31. The molecule has 0 saturated carbocycles. The summed E-state index contributed by atoms with van der Waals surface area (Å²) in [4.78, 5) is 0. The maximum Gasteiger partial charge on any atom is 0.387 e. The van der Waals surface area contributed by atoms with Gasteiger partial charge in [0.2, 0.25) is 0 Å². The molecule has 0 saturated heterocycles. The van der Waals surface area contributed by atoms with Gasteiger partial charge in [0.15, 0.2) is 0 Å². The monoisotopic (exact) mass is 366 g/mol. The van der Waals surface area contributed by atoms with Crippen molar-refractivity contribution in [1.82, 2.24) is 0 Å². The molecular formula is C24H24F2O. The van der Waals surface area contributed by atoms with E-state index in [0.29, 0.717) is 0 Å². The molecule has 0 aliphatic carbocycles. The largest absolute Gasteiger partial charge is 0.435 e. The Morgan fingerprint density at radius 2 is 1.04 bits per heavy atom. The fraction of sp³-hybridized carbons (Fsp3) is 0.250. The molecule has 140 valence electrons. The zero-order chi connectivity index (χ0) is 19.1. The number of hydrogen-bond donors (Lipinski definition) is 0. The number of alkyl halides is 2. The minimum atomic E-state index is -2.78. The Labute approximate surface area is 159 Å². The number of halogens is 2. The molecular weight excluding hydrogens is 342 g/mol. The second-order valence-corrected chi connectivity index (χ2v) is 6.67. The number of benzene rings is 3. The van der Waals surface area contributed by atoms with E-state index in [4.69, 9.17) is 0 Å². The zero-order valence-electron chi connectivity index (χ0n) is 15.5. The maximum atomic E-state index is 12.2. The van der Waals surface area contributed by atoms with Crippen LogP contribution < -0.4 is 4.74 Å². The van der Waals surface area contributed by atoms with Crippen molar-refractivity contribution >= 4 is 0 Å². The summed E-state index contributed by atoms with van der Waals surface area (Å²) in [6.45, 7) is -0.588. The summed E-state index contributed by atoms with van der Waals surface area (Å²) in [6.07, 6.45) is 4.05.